The topological polar surface area (TPSA) is 62.6 Å². The van der Waals surface area contributed by atoms with Gasteiger partial charge in [-0.2, -0.15) is 0 Å². The molecule has 142 valence electrons. The molecule has 3 N–H and O–H groups in total. The van der Waals surface area contributed by atoms with E-state index in [1.54, 1.807) is 11.3 Å². The van der Waals surface area contributed by atoms with Crippen LogP contribution in [-0.2, 0) is 11.2 Å². The molecule has 1 fully saturated rings. The molecular weight excluding hydrogens is 358 g/mol. The average molecular weight is 385 g/mol. The van der Waals surface area contributed by atoms with Crippen molar-refractivity contribution in [3.8, 4) is 0 Å². The summed E-state index contributed by atoms with van der Waals surface area (Å²) in [6.45, 7) is 1.19. The minimum atomic E-state index is -0.351. The van der Waals surface area contributed by atoms with Gasteiger partial charge in [-0.15, -0.1) is 11.3 Å². The molecule has 4 rings (SSSR count). The molecule has 6 heteroatoms. The van der Waals surface area contributed by atoms with Gasteiger partial charge in [0, 0.05) is 28.5 Å². The van der Waals surface area contributed by atoms with Gasteiger partial charge in [-0.1, -0.05) is 43.2 Å². The van der Waals surface area contributed by atoms with Crippen LogP contribution < -0.4 is 15.5 Å². The minimum absolute atomic E-state index is 0.143. The van der Waals surface area contributed by atoms with E-state index in [0.29, 0.717) is 6.54 Å². The number of hydrogen-bond donors (Lipinski definition) is 3. The normalized spacial score (nSPS) is 22.2. The van der Waals surface area contributed by atoms with E-state index in [9.17, 15) is 9.59 Å². The van der Waals surface area contributed by atoms with Gasteiger partial charge in [-0.3, -0.25) is 10.1 Å². The average Bonchev–Trinajstić information content (AvgIpc) is 3.33. The molecule has 1 aromatic carbocycles. The molecule has 1 aliphatic heterocycles. The fourth-order valence-electron chi connectivity index (χ4n) is 4.37. The number of quaternary nitrogens is 1. The standard InChI is InChI=1S/C21H25N3O2S/c25-19(23-21(26)22-16-8-4-5-9-16)14-24-12-10-18-17(11-13-27-18)20(24)15-6-2-1-3-7-15/h1-3,6-7,11,13,16,20H,4-5,8-10,12,14H2,(H2,22,23,25,26)/p+1/t20-/m1/s1. The van der Waals surface area contributed by atoms with Crippen LogP contribution in [0.2, 0.25) is 0 Å². The lowest BCUT2D eigenvalue weighted by Crippen LogP contribution is -3.14. The third kappa shape index (κ3) is 4.22. The van der Waals surface area contributed by atoms with Gasteiger partial charge in [-0.05, 0) is 24.3 Å². The van der Waals surface area contributed by atoms with E-state index in [1.165, 1.54) is 20.9 Å². The number of hydrogen-bond acceptors (Lipinski definition) is 3. The summed E-state index contributed by atoms with van der Waals surface area (Å²) in [7, 11) is 0. The van der Waals surface area contributed by atoms with Crippen LogP contribution in [-0.4, -0.2) is 31.1 Å². The predicted octanol–water partition coefficient (Wildman–Crippen LogP) is 2.05. The van der Waals surface area contributed by atoms with E-state index >= 15 is 0 Å². The van der Waals surface area contributed by atoms with Gasteiger partial charge in [0.15, 0.2) is 6.54 Å². The van der Waals surface area contributed by atoms with Gasteiger partial charge >= 0.3 is 6.03 Å². The van der Waals surface area contributed by atoms with Crippen LogP contribution >= 0.6 is 11.3 Å². The molecule has 0 saturated heterocycles. The fraction of sp³-hybridized carbons (Fsp3) is 0.429. The van der Waals surface area contributed by atoms with E-state index in [4.69, 9.17) is 0 Å². The van der Waals surface area contributed by atoms with Crippen molar-refractivity contribution in [2.24, 2.45) is 0 Å². The van der Waals surface area contributed by atoms with Crippen molar-refractivity contribution in [2.45, 2.75) is 44.2 Å². The second-order valence-electron chi connectivity index (χ2n) is 7.48. The summed E-state index contributed by atoms with van der Waals surface area (Å²) in [6, 6.07) is 12.5. The summed E-state index contributed by atoms with van der Waals surface area (Å²) >= 11 is 1.80. The molecule has 0 radical (unpaired) electrons. The second-order valence-corrected chi connectivity index (χ2v) is 8.48. The molecule has 2 aliphatic rings. The van der Waals surface area contributed by atoms with E-state index < -0.39 is 0 Å². The number of imide groups is 1. The lowest BCUT2D eigenvalue weighted by molar-refractivity contribution is -0.920. The Kier molecular flexibility index (Phi) is 5.55. The Morgan fingerprint density at radius 1 is 1.11 bits per heavy atom. The molecule has 2 aromatic rings. The fourth-order valence-corrected chi connectivity index (χ4v) is 5.29. The highest BCUT2D eigenvalue weighted by molar-refractivity contribution is 7.10. The summed E-state index contributed by atoms with van der Waals surface area (Å²) in [6.07, 6.45) is 5.30. The molecular formula is C21H26N3O2S+. The molecule has 1 unspecified atom stereocenters. The van der Waals surface area contributed by atoms with Crippen LogP contribution in [0, 0.1) is 0 Å². The van der Waals surface area contributed by atoms with Crippen molar-refractivity contribution >= 4 is 23.3 Å². The quantitative estimate of drug-likeness (QED) is 0.756. The summed E-state index contributed by atoms with van der Waals surface area (Å²) in [4.78, 5) is 27.2. The summed E-state index contributed by atoms with van der Waals surface area (Å²) < 4.78 is 0. The molecule has 0 spiro atoms. The second kappa shape index (κ2) is 8.23. The van der Waals surface area contributed by atoms with Crippen LogP contribution in [0.25, 0.3) is 0 Å². The maximum Gasteiger partial charge on any atom is 0.321 e. The van der Waals surface area contributed by atoms with Crippen LogP contribution in [0.4, 0.5) is 4.79 Å². The van der Waals surface area contributed by atoms with E-state index in [-0.39, 0.29) is 24.0 Å². The van der Waals surface area contributed by atoms with Gasteiger partial charge in [-0.25, -0.2) is 4.79 Å². The number of urea groups is 1. The monoisotopic (exact) mass is 384 g/mol. The van der Waals surface area contributed by atoms with E-state index in [1.807, 2.05) is 18.2 Å². The maximum absolute atomic E-state index is 12.5. The van der Waals surface area contributed by atoms with Crippen molar-refractivity contribution in [3.05, 3.63) is 57.8 Å². The van der Waals surface area contributed by atoms with Crippen molar-refractivity contribution in [1.82, 2.24) is 10.6 Å². The van der Waals surface area contributed by atoms with Crippen molar-refractivity contribution in [1.29, 1.82) is 0 Å². The maximum atomic E-state index is 12.5. The molecule has 2 heterocycles. The highest BCUT2D eigenvalue weighted by Gasteiger charge is 2.34. The lowest BCUT2D eigenvalue weighted by atomic mass is 9.93. The van der Waals surface area contributed by atoms with Crippen LogP contribution in [0.5, 0.6) is 0 Å². The molecule has 5 nitrogen and oxygen atoms in total. The molecule has 0 bridgehead atoms. The predicted molar refractivity (Wildman–Crippen MR) is 106 cm³/mol. The number of thiophene rings is 1. The Balaban J connectivity index is 1.44. The summed E-state index contributed by atoms with van der Waals surface area (Å²) in [5.74, 6) is -0.208. The van der Waals surface area contributed by atoms with Crippen molar-refractivity contribution < 1.29 is 14.5 Å². The molecule has 1 aromatic heterocycles. The largest absolute Gasteiger partial charge is 0.335 e. The number of nitrogens with one attached hydrogen (secondary N) is 3. The first-order valence-electron chi connectivity index (χ1n) is 9.77. The lowest BCUT2D eigenvalue weighted by Gasteiger charge is -2.32. The van der Waals surface area contributed by atoms with Crippen molar-refractivity contribution in [3.63, 3.8) is 0 Å². The summed E-state index contributed by atoms with van der Waals surface area (Å²) in [5.41, 5.74) is 2.53. The smallest absolute Gasteiger partial charge is 0.321 e. The molecule has 2 atom stereocenters. The molecule has 27 heavy (non-hydrogen) atoms. The van der Waals surface area contributed by atoms with E-state index in [0.717, 1.165) is 38.6 Å². The Morgan fingerprint density at radius 3 is 2.67 bits per heavy atom. The Bertz CT molecular complexity index is 799. The zero-order valence-electron chi connectivity index (χ0n) is 15.4. The van der Waals surface area contributed by atoms with Gasteiger partial charge in [0.05, 0.1) is 6.54 Å². The number of carbonyl (C=O) groups excluding carboxylic acids is 2. The Labute approximate surface area is 163 Å². The van der Waals surface area contributed by atoms with Crippen molar-refractivity contribution in [2.75, 3.05) is 13.1 Å². The van der Waals surface area contributed by atoms with Gasteiger partial charge in [0.1, 0.15) is 6.04 Å². The Morgan fingerprint density at radius 2 is 1.89 bits per heavy atom. The summed E-state index contributed by atoms with van der Waals surface area (Å²) in [5, 5.41) is 7.60. The zero-order valence-corrected chi connectivity index (χ0v) is 16.2. The first-order chi connectivity index (χ1) is 13.2. The van der Waals surface area contributed by atoms with Crippen LogP contribution in [0.3, 0.4) is 0 Å². The number of amides is 3. The number of rotatable bonds is 4. The number of fused-ring (bicyclic) bond motifs is 1. The van der Waals surface area contributed by atoms with E-state index in [2.05, 4.69) is 34.2 Å². The van der Waals surface area contributed by atoms with Gasteiger partial charge in [0.2, 0.25) is 0 Å². The molecule has 3 amide bonds. The van der Waals surface area contributed by atoms with Gasteiger partial charge < -0.3 is 10.2 Å². The molecule has 1 aliphatic carbocycles. The number of benzene rings is 1. The third-order valence-corrected chi connectivity index (χ3v) is 6.63. The molecule has 1 saturated carbocycles. The first-order valence-corrected chi connectivity index (χ1v) is 10.6. The Hall–Kier alpha value is -2.18. The highest BCUT2D eigenvalue weighted by atomic mass is 32.1. The SMILES string of the molecule is O=C(C[NH+]1CCc2sccc2[C@H]1c1ccccc1)NC(=O)NC1CCCC1. The minimum Gasteiger partial charge on any atom is -0.335 e. The zero-order chi connectivity index (χ0) is 18.6. The van der Waals surface area contributed by atoms with Crippen LogP contribution in [0.15, 0.2) is 41.8 Å². The van der Waals surface area contributed by atoms with Crippen LogP contribution in [0.1, 0.15) is 47.7 Å². The highest BCUT2D eigenvalue weighted by Crippen LogP contribution is 2.29. The third-order valence-electron chi connectivity index (χ3n) is 5.64. The van der Waals surface area contributed by atoms with Gasteiger partial charge in [0.25, 0.3) is 5.91 Å². The number of carbonyl (C=O) groups is 2. The first kappa shape index (κ1) is 18.2.